The van der Waals surface area contributed by atoms with Crippen molar-refractivity contribution in [3.8, 4) is 0 Å². The largest absolute Gasteiger partial charge is 0.354 e. The number of hydrogen-bond acceptors (Lipinski definition) is 5. The Morgan fingerprint density at radius 1 is 1.57 bits per heavy atom. The second-order valence-electron chi connectivity index (χ2n) is 5.04. The summed E-state index contributed by atoms with van der Waals surface area (Å²) in [4.78, 5) is 33.4. The number of hydrogen-bond donors (Lipinski definition) is 2. The smallest absolute Gasteiger partial charge is 0.312 e. The maximum absolute atomic E-state index is 12.0. The van der Waals surface area contributed by atoms with Gasteiger partial charge in [-0.25, -0.2) is 0 Å². The Morgan fingerprint density at radius 2 is 2.29 bits per heavy atom. The molecule has 2 amide bonds. The number of carbonyl (C=O) groups is 2. The van der Waals surface area contributed by atoms with Crippen LogP contribution in [0.2, 0.25) is 0 Å². The Labute approximate surface area is 120 Å². The van der Waals surface area contributed by atoms with Gasteiger partial charge in [-0.2, -0.15) is 5.10 Å². The lowest BCUT2D eigenvalue weighted by molar-refractivity contribution is -0.386. The molecule has 2 heterocycles. The molecule has 0 radical (unpaired) electrons. The summed E-state index contributed by atoms with van der Waals surface area (Å²) in [5.74, 6) is -0.300. The van der Waals surface area contributed by atoms with Gasteiger partial charge >= 0.3 is 5.69 Å². The minimum Gasteiger partial charge on any atom is -0.354 e. The van der Waals surface area contributed by atoms with Crippen LogP contribution in [0.25, 0.3) is 0 Å². The number of nitrogens with one attached hydrogen (secondary N) is 2. The van der Waals surface area contributed by atoms with E-state index >= 15 is 0 Å². The van der Waals surface area contributed by atoms with E-state index in [-0.39, 0.29) is 35.8 Å². The summed E-state index contributed by atoms with van der Waals surface area (Å²) in [6, 6.07) is -0.109. The summed E-state index contributed by atoms with van der Waals surface area (Å²) in [6.07, 6.45) is 0.977. The minimum atomic E-state index is -0.497. The zero-order valence-electron chi connectivity index (χ0n) is 11.9. The Kier molecular flexibility index (Phi) is 4.20. The van der Waals surface area contributed by atoms with Crippen molar-refractivity contribution < 1.29 is 14.5 Å². The predicted octanol–water partition coefficient (Wildman–Crippen LogP) is -0.197. The van der Waals surface area contributed by atoms with Crippen molar-refractivity contribution in [1.29, 1.82) is 0 Å². The second-order valence-corrected chi connectivity index (χ2v) is 5.04. The molecule has 9 heteroatoms. The van der Waals surface area contributed by atoms with E-state index in [0.29, 0.717) is 25.1 Å². The summed E-state index contributed by atoms with van der Waals surface area (Å²) in [5, 5.41) is 20.4. The van der Waals surface area contributed by atoms with Crippen molar-refractivity contribution in [3.63, 3.8) is 0 Å². The Hall–Kier alpha value is -2.45. The van der Waals surface area contributed by atoms with Crippen molar-refractivity contribution in [2.75, 3.05) is 6.54 Å². The van der Waals surface area contributed by atoms with Crippen LogP contribution in [-0.4, -0.2) is 39.1 Å². The van der Waals surface area contributed by atoms with Crippen molar-refractivity contribution in [3.05, 3.63) is 21.5 Å². The fraction of sp³-hybridized carbons (Fsp3) is 0.583. The molecule has 1 aliphatic rings. The van der Waals surface area contributed by atoms with Gasteiger partial charge in [0, 0.05) is 19.0 Å². The molecule has 1 aliphatic heterocycles. The molecule has 1 fully saturated rings. The number of amides is 2. The SMILES string of the molecule is Cc1nn(CC(=O)NC2CCC(=O)NC2)c(C)c1[N+](=O)[O-]. The Balaban J connectivity index is 1.98. The van der Waals surface area contributed by atoms with E-state index in [1.807, 2.05) is 0 Å². The van der Waals surface area contributed by atoms with Crippen LogP contribution in [0.1, 0.15) is 24.2 Å². The molecule has 114 valence electrons. The van der Waals surface area contributed by atoms with Crippen LogP contribution >= 0.6 is 0 Å². The number of carbonyl (C=O) groups excluding carboxylic acids is 2. The number of nitro groups is 1. The first kappa shape index (κ1) is 14.9. The lowest BCUT2D eigenvalue weighted by atomic mass is 10.1. The van der Waals surface area contributed by atoms with Crippen molar-refractivity contribution in [1.82, 2.24) is 20.4 Å². The van der Waals surface area contributed by atoms with Crippen LogP contribution in [0.4, 0.5) is 5.69 Å². The van der Waals surface area contributed by atoms with E-state index in [2.05, 4.69) is 15.7 Å². The lowest BCUT2D eigenvalue weighted by Gasteiger charge is -2.23. The number of aromatic nitrogens is 2. The maximum atomic E-state index is 12.0. The topological polar surface area (TPSA) is 119 Å². The summed E-state index contributed by atoms with van der Waals surface area (Å²) in [7, 11) is 0. The summed E-state index contributed by atoms with van der Waals surface area (Å²) in [5.41, 5.74) is 0.576. The molecule has 2 N–H and O–H groups in total. The molecular formula is C12H17N5O4. The quantitative estimate of drug-likeness (QED) is 0.589. The van der Waals surface area contributed by atoms with Gasteiger partial charge in [0.05, 0.1) is 4.92 Å². The van der Waals surface area contributed by atoms with Gasteiger partial charge in [-0.3, -0.25) is 24.4 Å². The molecule has 0 aromatic carbocycles. The lowest BCUT2D eigenvalue weighted by Crippen LogP contribution is -2.48. The second kappa shape index (κ2) is 5.90. The van der Waals surface area contributed by atoms with Crippen LogP contribution in [0.15, 0.2) is 0 Å². The molecule has 1 atom stereocenters. The number of piperidine rings is 1. The first-order valence-corrected chi connectivity index (χ1v) is 6.63. The highest BCUT2D eigenvalue weighted by Gasteiger charge is 2.24. The molecular weight excluding hydrogens is 278 g/mol. The van der Waals surface area contributed by atoms with E-state index in [1.165, 1.54) is 11.6 Å². The van der Waals surface area contributed by atoms with Crippen molar-refractivity contribution in [2.24, 2.45) is 0 Å². The van der Waals surface area contributed by atoms with Gasteiger partial charge in [0.1, 0.15) is 17.9 Å². The molecule has 1 aromatic rings. The summed E-state index contributed by atoms with van der Waals surface area (Å²) < 4.78 is 1.32. The Bertz CT molecular complexity index is 585. The third-order valence-electron chi connectivity index (χ3n) is 3.45. The average Bonchev–Trinajstić information content (AvgIpc) is 2.67. The van der Waals surface area contributed by atoms with Gasteiger partial charge in [-0.1, -0.05) is 0 Å². The Morgan fingerprint density at radius 3 is 2.81 bits per heavy atom. The summed E-state index contributed by atoms with van der Waals surface area (Å²) in [6.45, 7) is 3.43. The van der Waals surface area contributed by atoms with Crippen LogP contribution in [0, 0.1) is 24.0 Å². The van der Waals surface area contributed by atoms with Crippen molar-refractivity contribution >= 4 is 17.5 Å². The molecule has 1 saturated heterocycles. The standard InChI is InChI=1S/C12H17N5O4/c1-7-12(17(20)21)8(2)16(15-7)6-11(19)14-9-3-4-10(18)13-5-9/h9H,3-6H2,1-2H3,(H,13,18)(H,14,19). The maximum Gasteiger partial charge on any atom is 0.312 e. The van der Waals surface area contributed by atoms with Crippen molar-refractivity contribution in [2.45, 2.75) is 39.3 Å². The highest BCUT2D eigenvalue weighted by Crippen LogP contribution is 2.21. The molecule has 0 saturated carbocycles. The van der Waals surface area contributed by atoms with Gasteiger partial charge in [0.15, 0.2) is 0 Å². The van der Waals surface area contributed by atoms with E-state index in [4.69, 9.17) is 0 Å². The first-order chi connectivity index (χ1) is 9.88. The van der Waals surface area contributed by atoms with Crippen LogP contribution in [-0.2, 0) is 16.1 Å². The molecule has 1 aromatic heterocycles. The van der Waals surface area contributed by atoms with Gasteiger partial charge in [-0.15, -0.1) is 0 Å². The van der Waals surface area contributed by atoms with Crippen LogP contribution in [0.3, 0.4) is 0 Å². The predicted molar refractivity (Wildman–Crippen MR) is 72.5 cm³/mol. The highest BCUT2D eigenvalue weighted by atomic mass is 16.6. The summed E-state index contributed by atoms with van der Waals surface area (Å²) >= 11 is 0. The molecule has 0 spiro atoms. The molecule has 1 unspecified atom stereocenters. The molecule has 9 nitrogen and oxygen atoms in total. The third-order valence-corrected chi connectivity index (χ3v) is 3.45. The molecule has 0 aliphatic carbocycles. The number of rotatable bonds is 4. The normalized spacial score (nSPS) is 18.2. The first-order valence-electron chi connectivity index (χ1n) is 6.63. The minimum absolute atomic E-state index is 0.0188. The highest BCUT2D eigenvalue weighted by molar-refractivity contribution is 5.79. The van der Waals surface area contributed by atoms with Gasteiger partial charge in [0.25, 0.3) is 0 Å². The van der Waals surface area contributed by atoms with Gasteiger partial charge < -0.3 is 10.6 Å². The van der Waals surface area contributed by atoms with E-state index in [9.17, 15) is 19.7 Å². The molecule has 0 bridgehead atoms. The van der Waals surface area contributed by atoms with Crippen LogP contribution in [0.5, 0.6) is 0 Å². The zero-order chi connectivity index (χ0) is 15.6. The average molecular weight is 295 g/mol. The third kappa shape index (κ3) is 3.36. The van der Waals surface area contributed by atoms with Gasteiger partial charge in [-0.05, 0) is 20.3 Å². The zero-order valence-corrected chi connectivity index (χ0v) is 11.9. The number of aryl methyl sites for hydroxylation is 1. The van der Waals surface area contributed by atoms with E-state index in [0.717, 1.165) is 0 Å². The van der Waals surface area contributed by atoms with Crippen LogP contribution < -0.4 is 10.6 Å². The monoisotopic (exact) mass is 295 g/mol. The molecule has 2 rings (SSSR count). The fourth-order valence-electron chi connectivity index (χ4n) is 2.37. The number of nitrogens with zero attached hydrogens (tertiary/aromatic N) is 3. The van der Waals surface area contributed by atoms with Gasteiger partial charge in [0.2, 0.25) is 11.8 Å². The van der Waals surface area contributed by atoms with E-state index in [1.54, 1.807) is 6.92 Å². The van der Waals surface area contributed by atoms with E-state index < -0.39 is 4.92 Å². The molecule has 21 heavy (non-hydrogen) atoms. The fourth-order valence-corrected chi connectivity index (χ4v) is 2.37.